The summed E-state index contributed by atoms with van der Waals surface area (Å²) in [7, 11) is 0. The van der Waals surface area contributed by atoms with Crippen LogP contribution >= 0.6 is 0 Å². The summed E-state index contributed by atoms with van der Waals surface area (Å²) in [4.78, 5) is 37.7. The van der Waals surface area contributed by atoms with E-state index >= 15 is 0 Å². The summed E-state index contributed by atoms with van der Waals surface area (Å²) in [6.07, 6.45) is 5.10. The van der Waals surface area contributed by atoms with Crippen molar-refractivity contribution in [1.29, 1.82) is 0 Å². The van der Waals surface area contributed by atoms with Gasteiger partial charge in [0.1, 0.15) is 12.1 Å². The van der Waals surface area contributed by atoms with E-state index in [0.29, 0.717) is 31.7 Å². The summed E-state index contributed by atoms with van der Waals surface area (Å²) in [5.74, 6) is -0.756. The molecule has 2 saturated carbocycles. The molecule has 8 nitrogen and oxygen atoms in total. The molecule has 1 unspecified atom stereocenters. The third-order valence-corrected chi connectivity index (χ3v) is 8.57. The molecule has 6 N–H and O–H groups in total. The average molecular weight is 473 g/mol. The van der Waals surface area contributed by atoms with E-state index in [1.807, 2.05) is 30.3 Å². The molecule has 188 valence electrons. The van der Waals surface area contributed by atoms with E-state index < -0.39 is 24.1 Å². The molecule has 5 atom stereocenters. The summed E-state index contributed by atoms with van der Waals surface area (Å²) < 4.78 is 0. The second-order valence-corrected chi connectivity index (χ2v) is 10.7. The smallest absolute Gasteiger partial charge is 0.326 e. The molecule has 0 saturated heterocycles. The highest BCUT2D eigenvalue weighted by molar-refractivity contribution is 5.89. The highest BCUT2D eigenvalue weighted by Crippen LogP contribution is 2.65. The van der Waals surface area contributed by atoms with Crippen molar-refractivity contribution < 1.29 is 19.5 Å². The number of unbranched alkanes of at least 4 members (excludes halogenated alkanes) is 1. The number of rotatable bonds is 11. The summed E-state index contributed by atoms with van der Waals surface area (Å²) in [5, 5.41) is 18.0. The SMILES string of the molecule is CC1(C)[C@@H]2CC[C@@]1(C)[C@@H](NC(=O)[C@@H](Cc1ccccc1)NC(=O)NC(CCCCN)C(=O)O)C2. The Labute approximate surface area is 202 Å². The van der Waals surface area contributed by atoms with Crippen LogP contribution in [-0.4, -0.2) is 47.7 Å². The molecule has 0 radical (unpaired) electrons. The van der Waals surface area contributed by atoms with Crippen molar-refractivity contribution in [3.05, 3.63) is 35.9 Å². The number of carbonyl (C=O) groups is 3. The fourth-order valence-electron chi connectivity index (χ4n) is 5.86. The molecule has 3 rings (SSSR count). The van der Waals surface area contributed by atoms with Gasteiger partial charge >= 0.3 is 12.0 Å². The van der Waals surface area contributed by atoms with Gasteiger partial charge in [0.05, 0.1) is 0 Å². The highest BCUT2D eigenvalue weighted by Gasteiger charge is 2.61. The van der Waals surface area contributed by atoms with Gasteiger partial charge in [-0.15, -0.1) is 0 Å². The van der Waals surface area contributed by atoms with E-state index in [2.05, 4.69) is 36.7 Å². The lowest BCUT2D eigenvalue weighted by Crippen LogP contribution is -2.57. The molecule has 3 amide bonds. The first-order valence-corrected chi connectivity index (χ1v) is 12.4. The molecule has 0 spiro atoms. The molecule has 8 heteroatoms. The summed E-state index contributed by atoms with van der Waals surface area (Å²) >= 11 is 0. The zero-order valence-electron chi connectivity index (χ0n) is 20.6. The van der Waals surface area contributed by atoms with Crippen LogP contribution in [0.5, 0.6) is 0 Å². The first kappa shape index (κ1) is 26.0. The Bertz CT molecular complexity index is 875. The van der Waals surface area contributed by atoms with Crippen LogP contribution in [-0.2, 0) is 16.0 Å². The lowest BCUT2D eigenvalue weighted by atomic mass is 9.69. The maximum absolute atomic E-state index is 13.4. The number of hydrogen-bond acceptors (Lipinski definition) is 4. The Morgan fingerprint density at radius 2 is 1.76 bits per heavy atom. The van der Waals surface area contributed by atoms with Crippen LogP contribution in [0.1, 0.15) is 64.9 Å². The molecule has 1 aromatic carbocycles. The second-order valence-electron chi connectivity index (χ2n) is 10.7. The molecule has 34 heavy (non-hydrogen) atoms. The summed E-state index contributed by atoms with van der Waals surface area (Å²) in [6.45, 7) is 7.31. The molecular formula is C26H40N4O4. The number of fused-ring (bicyclic) bond motifs is 2. The van der Waals surface area contributed by atoms with Gasteiger partial charge in [0.2, 0.25) is 5.91 Å². The number of carboxylic acids is 1. The number of carbonyl (C=O) groups excluding carboxylic acids is 2. The number of hydrogen-bond donors (Lipinski definition) is 5. The number of nitrogens with two attached hydrogens (primary N) is 1. The van der Waals surface area contributed by atoms with E-state index in [1.165, 1.54) is 6.42 Å². The fourth-order valence-corrected chi connectivity index (χ4v) is 5.86. The molecule has 0 aliphatic heterocycles. The molecular weight excluding hydrogens is 432 g/mol. The number of amides is 3. The Balaban J connectivity index is 1.69. The maximum Gasteiger partial charge on any atom is 0.326 e. The molecule has 2 aliphatic rings. The molecule has 2 bridgehead atoms. The highest BCUT2D eigenvalue weighted by atomic mass is 16.4. The van der Waals surface area contributed by atoms with Crippen molar-refractivity contribution >= 4 is 17.9 Å². The minimum absolute atomic E-state index is 0.0181. The zero-order valence-corrected chi connectivity index (χ0v) is 20.6. The van der Waals surface area contributed by atoms with E-state index in [9.17, 15) is 19.5 Å². The van der Waals surface area contributed by atoms with Gasteiger partial charge in [-0.2, -0.15) is 0 Å². The molecule has 0 heterocycles. The van der Waals surface area contributed by atoms with Crippen molar-refractivity contribution in [2.45, 2.75) is 83.8 Å². The maximum atomic E-state index is 13.4. The normalized spacial score (nSPS) is 26.5. The van der Waals surface area contributed by atoms with Crippen LogP contribution in [0.25, 0.3) is 0 Å². The van der Waals surface area contributed by atoms with E-state index in [-0.39, 0.29) is 29.2 Å². The number of nitrogens with one attached hydrogen (secondary N) is 3. The third-order valence-electron chi connectivity index (χ3n) is 8.57. The second kappa shape index (κ2) is 10.8. The molecule has 0 aromatic heterocycles. The van der Waals surface area contributed by atoms with Gasteiger partial charge in [-0.1, -0.05) is 51.1 Å². The Hall–Kier alpha value is -2.61. The van der Waals surface area contributed by atoms with Gasteiger partial charge in [0.25, 0.3) is 0 Å². The number of benzene rings is 1. The van der Waals surface area contributed by atoms with Gasteiger partial charge < -0.3 is 26.8 Å². The largest absolute Gasteiger partial charge is 0.480 e. The Kier molecular flexibility index (Phi) is 8.23. The van der Waals surface area contributed by atoms with Crippen molar-refractivity contribution in [1.82, 2.24) is 16.0 Å². The lowest BCUT2D eigenvalue weighted by Gasteiger charge is -2.40. The van der Waals surface area contributed by atoms with Crippen LogP contribution in [0.3, 0.4) is 0 Å². The average Bonchev–Trinajstić information content (AvgIpc) is 3.12. The quantitative estimate of drug-likeness (QED) is 0.316. The predicted octanol–water partition coefficient (Wildman–Crippen LogP) is 2.81. The first-order chi connectivity index (χ1) is 16.1. The molecule has 2 aliphatic carbocycles. The van der Waals surface area contributed by atoms with Gasteiger partial charge in [0, 0.05) is 12.5 Å². The Morgan fingerprint density at radius 1 is 1.09 bits per heavy atom. The summed E-state index contributed by atoms with van der Waals surface area (Å²) in [6, 6.07) is 7.06. The minimum atomic E-state index is -1.10. The van der Waals surface area contributed by atoms with Gasteiger partial charge in [-0.3, -0.25) is 4.79 Å². The topological polar surface area (TPSA) is 134 Å². The van der Waals surface area contributed by atoms with Crippen LogP contribution in [0.4, 0.5) is 4.79 Å². The van der Waals surface area contributed by atoms with Gasteiger partial charge in [-0.05, 0) is 67.4 Å². The Morgan fingerprint density at radius 3 is 2.32 bits per heavy atom. The molecule has 2 fully saturated rings. The first-order valence-electron chi connectivity index (χ1n) is 12.4. The van der Waals surface area contributed by atoms with Crippen molar-refractivity contribution in [2.24, 2.45) is 22.5 Å². The van der Waals surface area contributed by atoms with Crippen molar-refractivity contribution in [2.75, 3.05) is 6.54 Å². The van der Waals surface area contributed by atoms with E-state index in [4.69, 9.17) is 5.73 Å². The van der Waals surface area contributed by atoms with Gasteiger partial charge in [-0.25, -0.2) is 9.59 Å². The number of aliphatic carboxylic acids is 1. The summed E-state index contributed by atoms with van der Waals surface area (Å²) in [5.41, 5.74) is 6.58. The van der Waals surface area contributed by atoms with E-state index in [1.54, 1.807) is 0 Å². The fraction of sp³-hybridized carbons (Fsp3) is 0.654. The van der Waals surface area contributed by atoms with Crippen LogP contribution in [0, 0.1) is 16.7 Å². The third kappa shape index (κ3) is 5.54. The van der Waals surface area contributed by atoms with Crippen molar-refractivity contribution in [3.63, 3.8) is 0 Å². The van der Waals surface area contributed by atoms with E-state index in [0.717, 1.165) is 18.4 Å². The minimum Gasteiger partial charge on any atom is -0.480 e. The van der Waals surface area contributed by atoms with Gasteiger partial charge in [0.15, 0.2) is 0 Å². The van der Waals surface area contributed by atoms with Crippen LogP contribution < -0.4 is 21.7 Å². The number of urea groups is 1. The lowest BCUT2D eigenvalue weighted by molar-refractivity contribution is -0.139. The van der Waals surface area contributed by atoms with Crippen molar-refractivity contribution in [3.8, 4) is 0 Å². The predicted molar refractivity (Wildman–Crippen MR) is 131 cm³/mol. The number of carboxylic acid groups (broad SMARTS) is 1. The molecule has 1 aromatic rings. The zero-order chi connectivity index (χ0) is 24.9. The monoisotopic (exact) mass is 472 g/mol. The van der Waals surface area contributed by atoms with Crippen LogP contribution in [0.2, 0.25) is 0 Å². The standard InChI is InChI=1S/C26H40N4O4/c1-25(2)18-12-13-26(25,3)21(16-18)30-22(31)20(15-17-9-5-4-6-10-17)29-24(34)28-19(23(32)33)11-7-8-14-27/h4-6,9-10,18-21H,7-8,11-16,27H2,1-3H3,(H,30,31)(H,32,33)(H2,28,29,34)/t18-,19?,20-,21+,26+/m1/s1. The van der Waals surface area contributed by atoms with Crippen LogP contribution in [0.15, 0.2) is 30.3 Å².